The van der Waals surface area contributed by atoms with Gasteiger partial charge in [0.25, 0.3) is 0 Å². The molecule has 136 valence electrons. The summed E-state index contributed by atoms with van der Waals surface area (Å²) in [7, 11) is 0. The van der Waals surface area contributed by atoms with E-state index in [2.05, 4.69) is 53.7 Å². The summed E-state index contributed by atoms with van der Waals surface area (Å²) in [6.45, 7) is 0.722. The van der Waals surface area contributed by atoms with E-state index in [4.69, 9.17) is 4.52 Å². The summed E-state index contributed by atoms with van der Waals surface area (Å²) >= 11 is 6.48. The summed E-state index contributed by atoms with van der Waals surface area (Å²) in [5.41, 5.74) is 2.11. The lowest BCUT2D eigenvalue weighted by molar-refractivity contribution is 0.391. The number of nitrogens with zero attached hydrogens (tertiary/aromatic N) is 4. The lowest BCUT2D eigenvalue weighted by Gasteiger charge is -2.00. The molecule has 2 aromatic heterocycles. The van der Waals surface area contributed by atoms with Crippen LogP contribution >= 0.6 is 39.0 Å². The minimum atomic E-state index is 0.550. The van der Waals surface area contributed by atoms with Crippen molar-refractivity contribution in [3.05, 3.63) is 70.5 Å². The highest BCUT2D eigenvalue weighted by Gasteiger charge is 2.11. The van der Waals surface area contributed by atoms with Crippen LogP contribution in [0.5, 0.6) is 0 Å². The van der Waals surface area contributed by atoms with Crippen molar-refractivity contribution in [2.45, 2.75) is 16.6 Å². The molecule has 0 bridgehead atoms. The molecule has 2 aromatic carbocycles. The van der Waals surface area contributed by atoms with Crippen LogP contribution in [-0.4, -0.2) is 20.3 Å². The van der Waals surface area contributed by atoms with E-state index in [1.54, 1.807) is 0 Å². The molecule has 0 unspecified atom stereocenters. The minimum Gasteiger partial charge on any atom is -0.356 e. The zero-order valence-corrected chi connectivity index (χ0v) is 17.2. The molecule has 4 aromatic rings. The van der Waals surface area contributed by atoms with Crippen molar-refractivity contribution in [3.8, 4) is 11.4 Å². The van der Waals surface area contributed by atoms with Crippen molar-refractivity contribution < 1.29 is 4.52 Å². The SMILES string of the molecule is Brc1cccc(-c2noc(CSc3nnc(NCc4ccccc4)s3)n2)c1. The smallest absolute Gasteiger partial charge is 0.237 e. The van der Waals surface area contributed by atoms with E-state index in [-0.39, 0.29) is 0 Å². The molecule has 0 radical (unpaired) electrons. The third kappa shape index (κ3) is 4.94. The van der Waals surface area contributed by atoms with Crippen LogP contribution in [0.2, 0.25) is 0 Å². The van der Waals surface area contributed by atoms with E-state index >= 15 is 0 Å². The van der Waals surface area contributed by atoms with Gasteiger partial charge in [0.1, 0.15) is 0 Å². The van der Waals surface area contributed by atoms with E-state index in [1.807, 2.05) is 42.5 Å². The molecule has 2 heterocycles. The Morgan fingerprint density at radius 3 is 2.81 bits per heavy atom. The van der Waals surface area contributed by atoms with Gasteiger partial charge in [0.15, 0.2) is 4.34 Å². The largest absolute Gasteiger partial charge is 0.356 e. The van der Waals surface area contributed by atoms with Crippen molar-refractivity contribution in [1.82, 2.24) is 20.3 Å². The first kappa shape index (κ1) is 18.1. The second kappa shape index (κ2) is 8.64. The molecule has 1 N–H and O–H groups in total. The third-order valence-electron chi connectivity index (χ3n) is 3.56. The molecule has 0 aliphatic heterocycles. The number of hydrogen-bond acceptors (Lipinski definition) is 8. The minimum absolute atomic E-state index is 0.550. The monoisotopic (exact) mass is 459 g/mol. The molecule has 0 saturated heterocycles. The van der Waals surface area contributed by atoms with Crippen LogP contribution in [0.1, 0.15) is 11.5 Å². The van der Waals surface area contributed by atoms with Crippen LogP contribution < -0.4 is 5.32 Å². The Balaban J connectivity index is 1.32. The van der Waals surface area contributed by atoms with Gasteiger partial charge < -0.3 is 9.84 Å². The number of rotatable bonds is 7. The summed E-state index contributed by atoms with van der Waals surface area (Å²) in [5.74, 6) is 1.69. The summed E-state index contributed by atoms with van der Waals surface area (Å²) < 4.78 is 7.17. The van der Waals surface area contributed by atoms with Gasteiger partial charge >= 0.3 is 0 Å². The van der Waals surface area contributed by atoms with Crippen molar-refractivity contribution in [3.63, 3.8) is 0 Å². The highest BCUT2D eigenvalue weighted by Crippen LogP contribution is 2.29. The molecule has 0 atom stereocenters. The molecule has 6 nitrogen and oxygen atoms in total. The van der Waals surface area contributed by atoms with Gasteiger partial charge in [-0.05, 0) is 17.7 Å². The maximum absolute atomic E-state index is 5.34. The zero-order chi connectivity index (χ0) is 18.5. The van der Waals surface area contributed by atoms with Gasteiger partial charge in [-0.2, -0.15) is 4.98 Å². The van der Waals surface area contributed by atoms with Crippen LogP contribution in [0.15, 0.2) is 67.9 Å². The Hall–Kier alpha value is -2.23. The summed E-state index contributed by atoms with van der Waals surface area (Å²) in [4.78, 5) is 4.44. The standard InChI is InChI=1S/C18H14BrN5OS2/c19-14-8-4-7-13(9-14)16-21-15(25-24-16)11-26-18-23-22-17(27-18)20-10-12-5-2-1-3-6-12/h1-9H,10-11H2,(H,20,22). The van der Waals surface area contributed by atoms with Crippen molar-refractivity contribution >= 4 is 44.2 Å². The fourth-order valence-electron chi connectivity index (χ4n) is 2.29. The molecule has 0 aliphatic carbocycles. The van der Waals surface area contributed by atoms with E-state index in [9.17, 15) is 0 Å². The number of aromatic nitrogens is 4. The topological polar surface area (TPSA) is 76.7 Å². The van der Waals surface area contributed by atoms with E-state index in [0.29, 0.717) is 17.5 Å². The Kier molecular flexibility index (Phi) is 5.81. The van der Waals surface area contributed by atoms with Gasteiger partial charge in [0.2, 0.25) is 16.8 Å². The van der Waals surface area contributed by atoms with E-state index in [1.165, 1.54) is 28.7 Å². The maximum Gasteiger partial charge on any atom is 0.237 e. The van der Waals surface area contributed by atoms with Crippen molar-refractivity contribution in [2.75, 3.05) is 5.32 Å². The first-order valence-electron chi connectivity index (χ1n) is 8.09. The van der Waals surface area contributed by atoms with Gasteiger partial charge in [-0.15, -0.1) is 10.2 Å². The van der Waals surface area contributed by atoms with Crippen LogP contribution in [-0.2, 0) is 12.3 Å². The Labute approximate surface area is 172 Å². The molecular formula is C18H14BrN5OS2. The molecular weight excluding hydrogens is 446 g/mol. The highest BCUT2D eigenvalue weighted by molar-refractivity contribution is 9.10. The first-order valence-corrected chi connectivity index (χ1v) is 10.7. The molecule has 0 amide bonds. The van der Waals surface area contributed by atoms with Crippen LogP contribution in [0, 0.1) is 0 Å². The Bertz CT molecular complexity index is 1020. The fourth-order valence-corrected chi connectivity index (χ4v) is 4.28. The summed E-state index contributed by atoms with van der Waals surface area (Å²) in [6, 6.07) is 18.0. The van der Waals surface area contributed by atoms with Gasteiger partial charge in [-0.1, -0.05) is 86.6 Å². The second-order valence-corrected chi connectivity index (χ2v) is 8.64. The molecule has 0 saturated carbocycles. The molecule has 4 rings (SSSR count). The molecule has 0 aliphatic rings. The number of nitrogens with one attached hydrogen (secondary N) is 1. The Morgan fingerprint density at radius 1 is 1.07 bits per heavy atom. The van der Waals surface area contributed by atoms with Gasteiger partial charge in [-0.3, -0.25) is 0 Å². The molecule has 0 fully saturated rings. The Morgan fingerprint density at radius 2 is 1.96 bits per heavy atom. The van der Waals surface area contributed by atoms with Gasteiger partial charge in [-0.25, -0.2) is 0 Å². The fraction of sp³-hybridized carbons (Fsp3) is 0.111. The normalized spacial score (nSPS) is 10.9. The van der Waals surface area contributed by atoms with E-state index in [0.717, 1.165) is 26.1 Å². The maximum atomic E-state index is 5.34. The second-order valence-electron chi connectivity index (χ2n) is 5.52. The van der Waals surface area contributed by atoms with Crippen molar-refractivity contribution in [2.24, 2.45) is 0 Å². The number of hydrogen-bond donors (Lipinski definition) is 1. The molecule has 9 heteroatoms. The number of halogens is 1. The summed E-state index contributed by atoms with van der Waals surface area (Å²) in [6.07, 6.45) is 0. The third-order valence-corrected chi connectivity index (χ3v) is 6.06. The predicted octanol–water partition coefficient (Wildman–Crippen LogP) is 5.26. The predicted molar refractivity (Wildman–Crippen MR) is 111 cm³/mol. The van der Waals surface area contributed by atoms with E-state index < -0.39 is 0 Å². The van der Waals surface area contributed by atoms with Gasteiger partial charge in [0, 0.05) is 16.6 Å². The number of anilines is 1. The highest BCUT2D eigenvalue weighted by atomic mass is 79.9. The zero-order valence-electron chi connectivity index (χ0n) is 14.0. The van der Waals surface area contributed by atoms with Crippen LogP contribution in [0.4, 0.5) is 5.13 Å². The average Bonchev–Trinajstić information content (AvgIpc) is 3.35. The number of thioether (sulfide) groups is 1. The lowest BCUT2D eigenvalue weighted by Crippen LogP contribution is -1.98. The van der Waals surface area contributed by atoms with Crippen molar-refractivity contribution in [1.29, 1.82) is 0 Å². The average molecular weight is 460 g/mol. The molecule has 0 spiro atoms. The quantitative estimate of drug-likeness (QED) is 0.377. The lowest BCUT2D eigenvalue weighted by atomic mass is 10.2. The number of benzene rings is 2. The molecule has 27 heavy (non-hydrogen) atoms. The van der Waals surface area contributed by atoms with Crippen LogP contribution in [0.25, 0.3) is 11.4 Å². The summed E-state index contributed by atoms with van der Waals surface area (Å²) in [5, 5.41) is 16.5. The van der Waals surface area contributed by atoms with Crippen LogP contribution in [0.3, 0.4) is 0 Å². The van der Waals surface area contributed by atoms with Gasteiger partial charge in [0.05, 0.1) is 5.75 Å². The first-order chi connectivity index (χ1) is 13.3.